The maximum atomic E-state index is 13.4. The third-order valence-electron chi connectivity index (χ3n) is 6.67. The molecule has 1 amide bonds. The molecule has 1 atom stereocenters. The highest BCUT2D eigenvalue weighted by molar-refractivity contribution is 7.98. The highest BCUT2D eigenvalue weighted by atomic mass is 32.2. The molecule has 0 radical (unpaired) electrons. The lowest BCUT2D eigenvalue weighted by atomic mass is 10.0. The normalized spacial score (nSPS) is 11.9. The number of halogens is 1. The molecular formula is C32H37FN4OS. The highest BCUT2D eigenvalue weighted by Crippen LogP contribution is 2.29. The van der Waals surface area contributed by atoms with Crippen LogP contribution in [0.1, 0.15) is 74.0 Å². The Labute approximate surface area is 235 Å². The van der Waals surface area contributed by atoms with Gasteiger partial charge in [-0.1, -0.05) is 105 Å². The van der Waals surface area contributed by atoms with Gasteiger partial charge in [0.15, 0.2) is 11.0 Å². The minimum absolute atomic E-state index is 0.0337. The van der Waals surface area contributed by atoms with E-state index in [0.717, 1.165) is 46.8 Å². The van der Waals surface area contributed by atoms with Crippen LogP contribution in [0.5, 0.6) is 0 Å². The summed E-state index contributed by atoms with van der Waals surface area (Å²) in [6.07, 6.45) is 6.60. The van der Waals surface area contributed by atoms with Crippen LogP contribution in [0, 0.1) is 12.7 Å². The van der Waals surface area contributed by atoms with E-state index < -0.39 is 0 Å². The molecular weight excluding hydrogens is 507 g/mol. The van der Waals surface area contributed by atoms with Gasteiger partial charge >= 0.3 is 0 Å². The van der Waals surface area contributed by atoms with E-state index in [1.165, 1.54) is 25.0 Å². The van der Waals surface area contributed by atoms with Crippen molar-refractivity contribution in [2.75, 3.05) is 0 Å². The Morgan fingerprint density at radius 2 is 1.62 bits per heavy atom. The lowest BCUT2D eigenvalue weighted by Gasteiger charge is -2.20. The number of benzene rings is 3. The largest absolute Gasteiger partial charge is 0.346 e. The molecule has 0 aliphatic heterocycles. The molecule has 204 valence electrons. The van der Waals surface area contributed by atoms with Crippen LogP contribution in [0.2, 0.25) is 0 Å². The fourth-order valence-electron chi connectivity index (χ4n) is 4.48. The van der Waals surface area contributed by atoms with Gasteiger partial charge in [0.05, 0.1) is 6.04 Å². The van der Waals surface area contributed by atoms with Crippen molar-refractivity contribution in [3.05, 3.63) is 107 Å². The van der Waals surface area contributed by atoms with E-state index >= 15 is 0 Å². The number of rotatable bonds is 14. The molecule has 4 rings (SSSR count). The number of aromatic nitrogens is 3. The molecule has 3 aromatic carbocycles. The van der Waals surface area contributed by atoms with Gasteiger partial charge < -0.3 is 5.32 Å². The van der Waals surface area contributed by atoms with Crippen molar-refractivity contribution in [3.63, 3.8) is 0 Å². The summed E-state index contributed by atoms with van der Waals surface area (Å²) in [7, 11) is 0. The quantitative estimate of drug-likeness (QED) is 0.130. The van der Waals surface area contributed by atoms with Crippen LogP contribution in [0.4, 0.5) is 4.39 Å². The number of unbranched alkanes of at least 4 members (excludes halogenated alkanes) is 4. The van der Waals surface area contributed by atoms with E-state index in [-0.39, 0.29) is 17.8 Å². The van der Waals surface area contributed by atoms with Crippen LogP contribution in [-0.2, 0) is 17.0 Å². The first kappa shape index (κ1) is 28.6. The predicted octanol–water partition coefficient (Wildman–Crippen LogP) is 7.77. The monoisotopic (exact) mass is 544 g/mol. The van der Waals surface area contributed by atoms with Crippen LogP contribution >= 0.6 is 11.8 Å². The summed E-state index contributed by atoms with van der Waals surface area (Å²) in [5, 5.41) is 13.2. The standard InChI is InChI=1S/C32H37FN4OS/c1-3-4-5-6-10-13-30(38)34-29(22-25-11-8-7-9-12-25)31-35-36-32(37(31)28-20-14-24(2)15-21-28)39-23-26-16-18-27(33)19-17-26/h7-9,11-12,14-21,29H,3-6,10,13,22-23H2,1-2H3,(H,34,38). The minimum atomic E-state index is -0.343. The van der Waals surface area contributed by atoms with Crippen molar-refractivity contribution in [1.82, 2.24) is 20.1 Å². The number of amides is 1. The zero-order valence-electron chi connectivity index (χ0n) is 22.8. The van der Waals surface area contributed by atoms with Gasteiger partial charge in [0.2, 0.25) is 5.91 Å². The average molecular weight is 545 g/mol. The zero-order valence-corrected chi connectivity index (χ0v) is 23.6. The third-order valence-corrected chi connectivity index (χ3v) is 7.67. The second-order valence-electron chi connectivity index (χ2n) is 9.90. The molecule has 0 spiro atoms. The van der Waals surface area contributed by atoms with E-state index in [2.05, 4.69) is 65.8 Å². The molecule has 0 aliphatic carbocycles. The molecule has 0 saturated heterocycles. The van der Waals surface area contributed by atoms with Crippen molar-refractivity contribution in [2.24, 2.45) is 0 Å². The zero-order chi connectivity index (χ0) is 27.5. The van der Waals surface area contributed by atoms with Crippen molar-refractivity contribution in [3.8, 4) is 5.69 Å². The number of nitrogens with zero attached hydrogens (tertiary/aromatic N) is 3. The molecule has 1 N–H and O–H groups in total. The van der Waals surface area contributed by atoms with E-state index in [1.807, 2.05) is 22.8 Å². The van der Waals surface area contributed by atoms with Crippen molar-refractivity contribution < 1.29 is 9.18 Å². The number of thioether (sulfide) groups is 1. The maximum Gasteiger partial charge on any atom is 0.220 e. The van der Waals surface area contributed by atoms with E-state index in [9.17, 15) is 9.18 Å². The topological polar surface area (TPSA) is 59.8 Å². The van der Waals surface area contributed by atoms with Gasteiger partial charge in [-0.3, -0.25) is 9.36 Å². The fraction of sp³-hybridized carbons (Fsp3) is 0.344. The van der Waals surface area contributed by atoms with Crippen LogP contribution in [0.15, 0.2) is 84.0 Å². The van der Waals surface area contributed by atoms with E-state index in [0.29, 0.717) is 24.4 Å². The molecule has 39 heavy (non-hydrogen) atoms. The summed E-state index contributed by atoms with van der Waals surface area (Å²) >= 11 is 1.54. The first-order valence-corrected chi connectivity index (χ1v) is 14.7. The minimum Gasteiger partial charge on any atom is -0.346 e. The molecule has 1 aromatic heterocycles. The molecule has 4 aromatic rings. The first-order valence-electron chi connectivity index (χ1n) is 13.8. The number of aryl methyl sites for hydroxylation is 1. The summed E-state index contributed by atoms with van der Waals surface area (Å²) in [4.78, 5) is 13.1. The summed E-state index contributed by atoms with van der Waals surface area (Å²) in [6.45, 7) is 4.25. The van der Waals surface area contributed by atoms with Gasteiger partial charge in [-0.2, -0.15) is 0 Å². The Morgan fingerprint density at radius 3 is 2.33 bits per heavy atom. The second kappa shape index (κ2) is 14.6. The Hall–Kier alpha value is -3.45. The average Bonchev–Trinajstić information content (AvgIpc) is 3.37. The van der Waals surface area contributed by atoms with Gasteiger partial charge in [-0.05, 0) is 55.2 Å². The Bertz CT molecular complexity index is 1310. The van der Waals surface area contributed by atoms with Crippen LogP contribution in [-0.4, -0.2) is 20.7 Å². The van der Waals surface area contributed by atoms with Crippen molar-refractivity contribution >= 4 is 17.7 Å². The van der Waals surface area contributed by atoms with E-state index in [1.54, 1.807) is 23.9 Å². The molecule has 5 nitrogen and oxygen atoms in total. The number of hydrogen-bond acceptors (Lipinski definition) is 4. The first-order chi connectivity index (χ1) is 19.0. The number of hydrogen-bond donors (Lipinski definition) is 1. The Kier molecular flexibility index (Phi) is 10.7. The van der Waals surface area contributed by atoms with E-state index in [4.69, 9.17) is 0 Å². The second-order valence-corrected chi connectivity index (χ2v) is 10.8. The van der Waals surface area contributed by atoms with Gasteiger partial charge in [0.1, 0.15) is 5.82 Å². The number of carbonyl (C=O) groups is 1. The van der Waals surface area contributed by atoms with Crippen LogP contribution in [0.25, 0.3) is 5.69 Å². The van der Waals surface area contributed by atoms with Crippen molar-refractivity contribution in [1.29, 1.82) is 0 Å². The summed E-state index contributed by atoms with van der Waals surface area (Å²) in [5.74, 6) is 1.10. The summed E-state index contributed by atoms with van der Waals surface area (Å²) < 4.78 is 15.5. The van der Waals surface area contributed by atoms with Crippen molar-refractivity contribution in [2.45, 2.75) is 75.7 Å². The van der Waals surface area contributed by atoms with Crippen LogP contribution < -0.4 is 5.32 Å². The summed E-state index contributed by atoms with van der Waals surface area (Å²) in [5.41, 5.74) is 4.21. The lowest BCUT2D eigenvalue weighted by molar-refractivity contribution is -0.122. The van der Waals surface area contributed by atoms with Crippen LogP contribution in [0.3, 0.4) is 0 Å². The molecule has 0 fully saturated rings. The lowest BCUT2D eigenvalue weighted by Crippen LogP contribution is -2.31. The Balaban J connectivity index is 1.62. The van der Waals surface area contributed by atoms with Gasteiger partial charge in [-0.25, -0.2) is 4.39 Å². The Morgan fingerprint density at radius 1 is 0.897 bits per heavy atom. The summed E-state index contributed by atoms with van der Waals surface area (Å²) in [6, 6.07) is 24.6. The molecule has 1 unspecified atom stereocenters. The SMILES string of the molecule is CCCCCCCC(=O)NC(Cc1ccccc1)c1nnc(SCc2ccc(F)cc2)n1-c1ccc(C)cc1. The van der Waals surface area contributed by atoms with Gasteiger partial charge in [0.25, 0.3) is 0 Å². The highest BCUT2D eigenvalue weighted by Gasteiger charge is 2.25. The molecule has 0 aliphatic rings. The molecule has 1 heterocycles. The smallest absolute Gasteiger partial charge is 0.220 e. The maximum absolute atomic E-state index is 13.4. The molecule has 0 saturated carbocycles. The molecule has 0 bridgehead atoms. The van der Waals surface area contributed by atoms with Gasteiger partial charge in [0, 0.05) is 17.9 Å². The number of nitrogens with one attached hydrogen (secondary N) is 1. The number of carbonyl (C=O) groups excluding carboxylic acids is 1. The predicted molar refractivity (Wildman–Crippen MR) is 156 cm³/mol. The van der Waals surface area contributed by atoms with Gasteiger partial charge in [-0.15, -0.1) is 10.2 Å². The third kappa shape index (κ3) is 8.52. The molecule has 7 heteroatoms. The fourth-order valence-corrected chi connectivity index (χ4v) is 5.39.